The number of hydrogen-bond donors (Lipinski definition) is 2. The van der Waals surface area contributed by atoms with Gasteiger partial charge in [0.1, 0.15) is 10.6 Å². The summed E-state index contributed by atoms with van der Waals surface area (Å²) >= 11 is 0. The predicted octanol–water partition coefficient (Wildman–Crippen LogP) is 0.654. The topological polar surface area (TPSA) is 93.7 Å². The van der Waals surface area contributed by atoms with Crippen LogP contribution in [0.15, 0.2) is 4.90 Å². The fraction of sp³-hybridized carbons (Fsp3) is 0.615. The lowest BCUT2D eigenvalue weighted by atomic mass is 10.2. The lowest BCUT2D eigenvalue weighted by Crippen LogP contribution is -2.52. The van der Waals surface area contributed by atoms with E-state index in [4.69, 9.17) is 5.11 Å². The number of aromatic amines is 1. The largest absolute Gasteiger partial charge is 0.477 e. The summed E-state index contributed by atoms with van der Waals surface area (Å²) in [4.78, 5) is 16.0. The van der Waals surface area contributed by atoms with Gasteiger partial charge in [0.2, 0.25) is 10.0 Å². The third-order valence-corrected chi connectivity index (χ3v) is 6.24. The number of aromatic nitrogens is 1. The van der Waals surface area contributed by atoms with E-state index < -0.39 is 16.0 Å². The van der Waals surface area contributed by atoms with Gasteiger partial charge in [-0.2, -0.15) is 4.31 Å². The van der Waals surface area contributed by atoms with Crippen molar-refractivity contribution in [2.45, 2.75) is 31.7 Å². The average molecular weight is 315 g/mol. The SMILES string of the molecule is Cc1[nH]c(C(=O)O)c(C)c1S(=O)(=O)N1CCN(C)C(C)C1. The minimum Gasteiger partial charge on any atom is -0.477 e. The summed E-state index contributed by atoms with van der Waals surface area (Å²) in [5.41, 5.74) is 0.580. The van der Waals surface area contributed by atoms with E-state index in [2.05, 4.69) is 9.88 Å². The van der Waals surface area contributed by atoms with E-state index in [0.29, 0.717) is 25.3 Å². The van der Waals surface area contributed by atoms with Crippen LogP contribution in [0.1, 0.15) is 28.7 Å². The van der Waals surface area contributed by atoms with Crippen LogP contribution in [0.2, 0.25) is 0 Å². The maximum Gasteiger partial charge on any atom is 0.352 e. The van der Waals surface area contributed by atoms with Crippen LogP contribution >= 0.6 is 0 Å². The number of H-pyrrole nitrogens is 1. The van der Waals surface area contributed by atoms with Crippen molar-refractivity contribution in [1.82, 2.24) is 14.2 Å². The summed E-state index contributed by atoms with van der Waals surface area (Å²) in [7, 11) is -1.72. The molecule has 21 heavy (non-hydrogen) atoms. The fourth-order valence-corrected chi connectivity index (χ4v) is 4.62. The second-order valence-corrected chi connectivity index (χ2v) is 7.45. The molecular formula is C13H21N3O4S. The summed E-state index contributed by atoms with van der Waals surface area (Å²) in [6.45, 7) is 6.57. The number of likely N-dealkylation sites (N-methyl/N-ethyl adjacent to an activating group) is 1. The summed E-state index contributed by atoms with van der Waals surface area (Å²) in [6, 6.07) is 0.132. The lowest BCUT2D eigenvalue weighted by Gasteiger charge is -2.36. The Morgan fingerprint density at radius 3 is 2.43 bits per heavy atom. The molecular weight excluding hydrogens is 294 g/mol. The Morgan fingerprint density at radius 1 is 1.33 bits per heavy atom. The zero-order chi connectivity index (χ0) is 15.9. The standard InChI is InChI=1S/C13H21N3O4S/c1-8-7-16(6-5-15(8)4)21(19,20)12-9(2)11(13(17)18)14-10(12)3/h8,14H,5-7H2,1-4H3,(H,17,18). The quantitative estimate of drug-likeness (QED) is 0.854. The van der Waals surface area contributed by atoms with Crippen LogP contribution in [0.25, 0.3) is 0 Å². The molecule has 0 bridgehead atoms. The second kappa shape index (κ2) is 5.43. The molecule has 1 atom stereocenters. The number of carboxylic acids is 1. The molecule has 0 amide bonds. The van der Waals surface area contributed by atoms with Crippen molar-refractivity contribution >= 4 is 16.0 Å². The Bertz CT molecular complexity index is 665. The Balaban J connectivity index is 2.43. The maximum absolute atomic E-state index is 12.8. The highest BCUT2D eigenvalue weighted by Gasteiger charge is 2.35. The van der Waals surface area contributed by atoms with E-state index in [1.165, 1.54) is 11.2 Å². The van der Waals surface area contributed by atoms with Crippen molar-refractivity contribution < 1.29 is 18.3 Å². The number of aromatic carboxylic acids is 1. The number of nitrogens with zero attached hydrogens (tertiary/aromatic N) is 2. The Morgan fingerprint density at radius 2 is 1.95 bits per heavy atom. The molecule has 0 saturated carbocycles. The van der Waals surface area contributed by atoms with Crippen LogP contribution in [-0.2, 0) is 10.0 Å². The minimum atomic E-state index is -3.68. The molecule has 1 aliphatic rings. The van der Waals surface area contributed by atoms with Crippen LogP contribution in [0.5, 0.6) is 0 Å². The summed E-state index contributed by atoms with van der Waals surface area (Å²) < 4.78 is 27.1. The highest BCUT2D eigenvalue weighted by Crippen LogP contribution is 2.27. The van der Waals surface area contributed by atoms with Gasteiger partial charge in [0.05, 0.1) is 0 Å². The zero-order valence-electron chi connectivity index (χ0n) is 12.7. The Hall–Kier alpha value is -1.38. The molecule has 0 aliphatic carbocycles. The van der Waals surface area contributed by atoms with Gasteiger partial charge < -0.3 is 15.0 Å². The van der Waals surface area contributed by atoms with Gasteiger partial charge in [-0.15, -0.1) is 0 Å². The number of piperazine rings is 1. The van der Waals surface area contributed by atoms with Gasteiger partial charge in [0.25, 0.3) is 0 Å². The van der Waals surface area contributed by atoms with Gasteiger partial charge in [-0.25, -0.2) is 13.2 Å². The van der Waals surface area contributed by atoms with Gasteiger partial charge in [0, 0.05) is 36.9 Å². The van der Waals surface area contributed by atoms with Crippen LogP contribution in [0.3, 0.4) is 0 Å². The van der Waals surface area contributed by atoms with Crippen LogP contribution in [0, 0.1) is 13.8 Å². The molecule has 2 N–H and O–H groups in total. The highest BCUT2D eigenvalue weighted by atomic mass is 32.2. The molecule has 118 valence electrons. The summed E-state index contributed by atoms with van der Waals surface area (Å²) in [5, 5.41) is 9.11. The molecule has 8 heteroatoms. The molecule has 7 nitrogen and oxygen atoms in total. The first-order chi connectivity index (χ1) is 9.66. The van der Waals surface area contributed by atoms with Gasteiger partial charge in [-0.3, -0.25) is 0 Å². The number of hydrogen-bond acceptors (Lipinski definition) is 4. The van der Waals surface area contributed by atoms with Crippen LogP contribution < -0.4 is 0 Å². The fourth-order valence-electron chi connectivity index (χ4n) is 2.70. The molecule has 1 saturated heterocycles. The van der Waals surface area contributed by atoms with E-state index in [9.17, 15) is 13.2 Å². The number of sulfonamides is 1. The summed E-state index contributed by atoms with van der Waals surface area (Å²) in [5.74, 6) is -1.15. The maximum atomic E-state index is 12.8. The number of aryl methyl sites for hydroxylation is 1. The van der Waals surface area contributed by atoms with E-state index >= 15 is 0 Å². The van der Waals surface area contributed by atoms with Crippen molar-refractivity contribution in [2.75, 3.05) is 26.7 Å². The second-order valence-electron chi connectivity index (χ2n) is 5.58. The van der Waals surface area contributed by atoms with Gasteiger partial charge in [-0.1, -0.05) is 0 Å². The van der Waals surface area contributed by atoms with E-state index in [-0.39, 0.29) is 22.2 Å². The molecule has 2 heterocycles. The normalized spacial score (nSPS) is 21.6. The first-order valence-electron chi connectivity index (χ1n) is 6.79. The van der Waals surface area contributed by atoms with Gasteiger partial charge in [0.15, 0.2) is 0 Å². The molecule has 1 fully saturated rings. The summed E-state index contributed by atoms with van der Waals surface area (Å²) in [6.07, 6.45) is 0. The van der Waals surface area contributed by atoms with Crippen LogP contribution in [0.4, 0.5) is 0 Å². The Kier molecular flexibility index (Phi) is 4.14. The predicted molar refractivity (Wildman–Crippen MR) is 78.1 cm³/mol. The molecule has 1 aliphatic heterocycles. The first kappa shape index (κ1) is 16.0. The van der Waals surface area contributed by atoms with Crippen LogP contribution in [-0.4, -0.2) is 66.4 Å². The van der Waals surface area contributed by atoms with Gasteiger partial charge >= 0.3 is 5.97 Å². The number of carbonyl (C=O) groups is 1. The third kappa shape index (κ3) is 2.70. The van der Waals surface area contributed by atoms with E-state index in [1.54, 1.807) is 6.92 Å². The Labute approximate surface area is 124 Å². The minimum absolute atomic E-state index is 0.0618. The molecule has 0 spiro atoms. The van der Waals surface area contributed by atoms with Crippen molar-refractivity contribution in [3.63, 3.8) is 0 Å². The van der Waals surface area contributed by atoms with Crippen molar-refractivity contribution in [2.24, 2.45) is 0 Å². The smallest absolute Gasteiger partial charge is 0.352 e. The number of nitrogens with one attached hydrogen (secondary N) is 1. The first-order valence-corrected chi connectivity index (χ1v) is 8.23. The molecule has 0 radical (unpaired) electrons. The molecule has 0 aromatic carbocycles. The molecule has 2 rings (SSSR count). The average Bonchev–Trinajstić information content (AvgIpc) is 2.68. The third-order valence-electron chi connectivity index (χ3n) is 4.10. The number of rotatable bonds is 3. The number of carboxylic acid groups (broad SMARTS) is 1. The highest BCUT2D eigenvalue weighted by molar-refractivity contribution is 7.89. The molecule has 1 aromatic heterocycles. The molecule has 1 aromatic rings. The monoisotopic (exact) mass is 315 g/mol. The van der Waals surface area contributed by atoms with Crippen molar-refractivity contribution in [3.05, 3.63) is 17.0 Å². The van der Waals surface area contributed by atoms with Crippen molar-refractivity contribution in [3.8, 4) is 0 Å². The van der Waals surface area contributed by atoms with Gasteiger partial charge in [-0.05, 0) is 27.8 Å². The van der Waals surface area contributed by atoms with E-state index in [1.807, 2.05) is 14.0 Å². The molecule has 1 unspecified atom stereocenters. The van der Waals surface area contributed by atoms with Crippen molar-refractivity contribution in [1.29, 1.82) is 0 Å². The zero-order valence-corrected chi connectivity index (χ0v) is 13.5. The van der Waals surface area contributed by atoms with E-state index in [0.717, 1.165) is 0 Å². The lowest BCUT2D eigenvalue weighted by molar-refractivity contribution is 0.0690.